The lowest BCUT2D eigenvalue weighted by molar-refractivity contribution is -0.149. The van der Waals surface area contributed by atoms with Crippen molar-refractivity contribution in [1.82, 2.24) is 40.4 Å². The Morgan fingerprint density at radius 3 is 2.17 bits per heavy atom. The molecule has 6 heterocycles. The molecule has 8 aliphatic rings. The van der Waals surface area contributed by atoms with Crippen molar-refractivity contribution >= 4 is 48.9 Å². The predicted octanol–water partition coefficient (Wildman–Crippen LogP) is 12.3. The molecule has 3 aliphatic carbocycles. The van der Waals surface area contributed by atoms with Crippen LogP contribution in [0.3, 0.4) is 0 Å². The summed E-state index contributed by atoms with van der Waals surface area (Å²) in [5, 5.41) is 19.0. The van der Waals surface area contributed by atoms with Gasteiger partial charge in [0.1, 0.15) is 41.9 Å². The lowest BCUT2D eigenvalue weighted by atomic mass is 9.90. The number of esters is 1. The topological polar surface area (TPSA) is 265 Å². The summed E-state index contributed by atoms with van der Waals surface area (Å²) in [6, 6.07) is 21.9. The minimum Gasteiger partial charge on any atom is -0.483 e. The van der Waals surface area contributed by atoms with Gasteiger partial charge in [-0.15, -0.1) is 0 Å². The largest absolute Gasteiger partial charge is 0.483 e. The Morgan fingerprint density at radius 2 is 1.51 bits per heavy atom. The third kappa shape index (κ3) is 14.5. The number of ether oxygens (including phenoxy) is 4. The molecule has 13 rings (SSSR count). The van der Waals surface area contributed by atoms with Crippen LogP contribution in [0.1, 0.15) is 129 Å². The normalized spacial score (nSPS) is 25.4. The standard InChI is InChI=1S/C51H57F2N7O5.C24H32FN2O8P/c1-26(2)43(58-49(63)65-7)47(61)59-25-50(16-17-50)23-42(59)46-54-24-41(57-46)31-10-14-36-35-13-9-30(20-37(35)51(52,53)38(36)21-31)29-11-15-39-33(18-29)22-40(56-39)45-32-8-12-34(19-32)60(45)48(62)44(27(3)4)55-28(5)64-6;1-15(2)33-22(30)17(4)26-36(31,35-18-9-7-6-8-10-18)32-14-19-21(29)24(5,25)23(34-19)27-12-11-16(3)13-20(27)28/h9-11,13-15,18,20-21,24,26-27,32,34,42-45,55H,5,8,12,16-17,19,22-23,25H2,1-4,6-7H3,(H,54,57)(H,58,63);6-12,15,17,19,21,23,29H,3,13-14H2,1-2,4-5H3,(H,26,31)/t32-,34+,42-,43-,44-,45-;17-,19+,21+,23+,24+,36-/m00/s1. The van der Waals surface area contributed by atoms with Crippen LogP contribution in [0.5, 0.6) is 5.75 Å². The molecule has 22 nitrogen and oxygen atoms in total. The van der Waals surface area contributed by atoms with Crippen LogP contribution in [-0.2, 0) is 59.6 Å². The number of alkyl halides is 3. The van der Waals surface area contributed by atoms with Gasteiger partial charge in [-0.2, -0.15) is 13.9 Å². The Hall–Kier alpha value is -8.61. The fourth-order valence-electron chi connectivity index (χ4n) is 15.1. The number of carbonyl (C=O) groups is 5. The molecule has 3 saturated heterocycles. The summed E-state index contributed by atoms with van der Waals surface area (Å²) < 4.78 is 94.5. The molecule has 5 aliphatic heterocycles. The molecule has 4 aromatic carbocycles. The molecule has 12 atom stereocenters. The van der Waals surface area contributed by atoms with Crippen molar-refractivity contribution in [3.63, 3.8) is 0 Å². The third-order valence-corrected chi connectivity index (χ3v) is 22.3. The van der Waals surface area contributed by atoms with E-state index in [9.17, 15) is 33.6 Å². The Labute approximate surface area is 586 Å². The van der Waals surface area contributed by atoms with Crippen molar-refractivity contribution < 1.29 is 74.8 Å². The van der Waals surface area contributed by atoms with Crippen LogP contribution >= 0.6 is 7.75 Å². The van der Waals surface area contributed by atoms with Gasteiger partial charge in [-0.3, -0.25) is 33.6 Å². The Balaban J connectivity index is 0.000000227. The lowest BCUT2D eigenvalue weighted by Crippen LogP contribution is -2.56. The number of piperidine rings is 1. The number of halogens is 3. The molecule has 101 heavy (non-hydrogen) atoms. The number of likely N-dealkylation sites (tertiary alicyclic amines) is 2. The van der Waals surface area contributed by atoms with E-state index in [1.54, 1.807) is 68.6 Å². The number of nitrogens with zero attached hydrogens (tertiary/aromatic N) is 5. The van der Waals surface area contributed by atoms with Gasteiger partial charge in [0.05, 0.1) is 63.0 Å². The number of benzene rings is 4. The van der Waals surface area contributed by atoms with E-state index in [0.717, 1.165) is 72.9 Å². The monoisotopic (exact) mass is 1410 g/mol. The molecule has 5 fully saturated rings. The summed E-state index contributed by atoms with van der Waals surface area (Å²) >= 11 is 0. The summed E-state index contributed by atoms with van der Waals surface area (Å²) in [7, 11) is -1.45. The zero-order chi connectivity index (χ0) is 72.4. The highest BCUT2D eigenvalue weighted by Gasteiger charge is 2.59. The zero-order valence-electron chi connectivity index (χ0n) is 58.5. The molecule has 538 valence electrons. The number of imidazole rings is 1. The minimum atomic E-state index is -4.26. The summed E-state index contributed by atoms with van der Waals surface area (Å²) in [4.78, 5) is 83.2. The van der Waals surface area contributed by atoms with Gasteiger partial charge in [0.25, 0.3) is 5.92 Å². The van der Waals surface area contributed by atoms with E-state index >= 15 is 13.2 Å². The quantitative estimate of drug-likeness (QED) is 0.0245. The van der Waals surface area contributed by atoms with Crippen molar-refractivity contribution in [2.75, 3.05) is 27.4 Å². The number of allylic oxidation sites excluding steroid dienone is 1. The Bertz CT molecular complexity index is 4180. The van der Waals surface area contributed by atoms with E-state index in [1.807, 2.05) is 56.9 Å². The van der Waals surface area contributed by atoms with Crippen LogP contribution < -0.4 is 20.2 Å². The molecule has 5 aromatic rings. The fourth-order valence-corrected chi connectivity index (χ4v) is 16.6. The second kappa shape index (κ2) is 28.3. The molecule has 0 radical (unpaired) electrons. The number of carbonyl (C=O) groups excluding carboxylic acids is 5. The first kappa shape index (κ1) is 72.2. The van der Waals surface area contributed by atoms with Gasteiger partial charge >= 0.3 is 19.8 Å². The Kier molecular flexibility index (Phi) is 20.2. The molecule has 1 spiro atoms. The van der Waals surface area contributed by atoms with Crippen LogP contribution in [0.4, 0.5) is 23.7 Å². The number of aliphatic hydroxyl groups excluding tert-OH is 1. The molecule has 2 bridgehead atoms. The third-order valence-electron chi connectivity index (χ3n) is 20.6. The number of rotatable bonds is 22. The molecular weight excluding hydrogens is 1320 g/mol. The van der Waals surface area contributed by atoms with Gasteiger partial charge in [0.15, 0.2) is 17.8 Å². The van der Waals surface area contributed by atoms with Crippen LogP contribution in [0.25, 0.3) is 33.5 Å². The lowest BCUT2D eigenvalue weighted by Gasteiger charge is -2.39. The van der Waals surface area contributed by atoms with Gasteiger partial charge < -0.3 is 54.0 Å². The summed E-state index contributed by atoms with van der Waals surface area (Å²) in [5.41, 5.74) is 4.62. The first-order chi connectivity index (χ1) is 47.9. The van der Waals surface area contributed by atoms with Crippen LogP contribution in [0, 0.1) is 23.2 Å². The molecule has 4 amide bonds. The number of H-pyrrole nitrogens is 1. The number of aromatic nitrogens is 2. The zero-order valence-corrected chi connectivity index (χ0v) is 59.4. The average molecular weight is 1410 g/mol. The maximum atomic E-state index is 16.7. The van der Waals surface area contributed by atoms with Crippen molar-refractivity contribution in [3.05, 3.63) is 151 Å². The van der Waals surface area contributed by atoms with Gasteiger partial charge in [-0.25, -0.2) is 18.7 Å². The number of nitrogens with one attached hydrogen (secondary N) is 4. The van der Waals surface area contributed by atoms with E-state index in [4.69, 9.17) is 38.0 Å². The van der Waals surface area contributed by atoms with Gasteiger partial charge in [0.2, 0.25) is 17.7 Å². The second-order valence-corrected chi connectivity index (χ2v) is 30.7. The Morgan fingerprint density at radius 1 is 0.851 bits per heavy atom. The van der Waals surface area contributed by atoms with Crippen molar-refractivity contribution in [2.45, 2.75) is 179 Å². The molecule has 0 unspecified atom stereocenters. The summed E-state index contributed by atoms with van der Waals surface area (Å²) in [6.45, 7) is 21.3. The van der Waals surface area contributed by atoms with Crippen molar-refractivity contribution in [2.24, 2.45) is 28.2 Å². The predicted molar refractivity (Wildman–Crippen MR) is 372 cm³/mol. The summed E-state index contributed by atoms with van der Waals surface area (Å²) in [5.74, 6) is -3.21. The van der Waals surface area contributed by atoms with E-state index in [0.29, 0.717) is 64.1 Å². The molecule has 2 saturated carbocycles. The number of hydrogen-bond donors (Lipinski definition) is 5. The molecule has 1 aromatic heterocycles. The number of alkyl carbamates (subject to hydrolysis) is 1. The average Bonchev–Trinajstić information content (AvgIpc) is 1.58. The van der Waals surface area contributed by atoms with E-state index < -0.39 is 86.6 Å². The fraction of sp³-hybridized carbons (Fsp3) is 0.480. The van der Waals surface area contributed by atoms with Crippen molar-refractivity contribution in [1.29, 1.82) is 0 Å². The van der Waals surface area contributed by atoms with Crippen molar-refractivity contribution in [3.8, 4) is 39.3 Å². The highest BCUT2D eigenvalue weighted by Crippen LogP contribution is 2.59. The van der Waals surface area contributed by atoms with Crippen LogP contribution in [0.2, 0.25) is 0 Å². The van der Waals surface area contributed by atoms with E-state index in [-0.39, 0.29) is 70.5 Å². The number of para-hydroxylation sites is 1. The van der Waals surface area contributed by atoms with E-state index in [2.05, 4.69) is 44.8 Å². The number of fused-ring (bicyclic) bond motifs is 6. The number of methoxy groups -OCH3 is 2. The molecular formula is C75H89F3N9O13P. The van der Waals surface area contributed by atoms with Gasteiger partial charge in [-0.1, -0.05) is 82.8 Å². The first-order valence-corrected chi connectivity index (χ1v) is 36.0. The highest BCUT2D eigenvalue weighted by molar-refractivity contribution is 7.52. The van der Waals surface area contributed by atoms with Gasteiger partial charge in [0, 0.05) is 47.6 Å². The van der Waals surface area contributed by atoms with Crippen LogP contribution in [0.15, 0.2) is 133 Å². The highest BCUT2D eigenvalue weighted by atomic mass is 31.2. The van der Waals surface area contributed by atoms with E-state index in [1.165, 1.54) is 39.5 Å². The molecule has 26 heteroatoms. The molecule has 5 N–H and O–H groups in total. The van der Waals surface area contributed by atoms with Crippen LogP contribution in [-0.4, -0.2) is 153 Å². The number of amides is 4. The first-order valence-electron chi connectivity index (χ1n) is 34.5. The SMILES string of the molecule is C=C(N[C@H](C(=O)N1[C@@H]2CC[C@@H](C2)[C@H]1C1=Nc2ccc(-c3ccc4c(c3)C(F)(F)c3cc(-c5cnc([C@@H]6CC7(CC7)CN6C(=O)[C@@H](NC(=O)OC)C(C)C)[nH]5)ccc3-4)cc2C1)C(C)C)OC.C=C1C=CN([C@@H]2O[C@H](CO[P@@](=O)(N[C@@H](C)C(=O)OC(C)C)Oc3ccccc3)[C@@H](O)[C@@]2(C)F)C(=O)C1. The number of aliphatic imine (C=N–C) groups is 1. The number of aromatic amines is 1. The number of aliphatic hydroxyl groups is 1. The minimum absolute atomic E-state index is 0.0158. The smallest absolute Gasteiger partial charge is 0.459 e. The maximum Gasteiger partial charge on any atom is 0.459 e. The van der Waals surface area contributed by atoms with Gasteiger partial charge in [-0.05, 0) is 172 Å². The maximum absolute atomic E-state index is 16.7. The second-order valence-electron chi connectivity index (χ2n) is 29.0. The number of hydrogen-bond acceptors (Lipinski definition) is 16. The summed E-state index contributed by atoms with van der Waals surface area (Å²) in [6.07, 6.45) is 5.35.